The van der Waals surface area contributed by atoms with Gasteiger partial charge >= 0.3 is 12.1 Å². The van der Waals surface area contributed by atoms with Crippen LogP contribution in [0.2, 0.25) is 0 Å². The Labute approximate surface area is 323 Å². The summed E-state index contributed by atoms with van der Waals surface area (Å²) in [4.78, 5) is 27.5. The molecule has 7 heteroatoms. The third-order valence-corrected chi connectivity index (χ3v) is 10.6. The highest BCUT2D eigenvalue weighted by molar-refractivity contribution is 5.72. The Bertz CT molecular complexity index is 737. The summed E-state index contributed by atoms with van der Waals surface area (Å²) >= 11 is 0. The molecule has 0 rings (SSSR count). The fraction of sp³-hybridized carbons (Fsp3) is 0.956. The van der Waals surface area contributed by atoms with Gasteiger partial charge in [0.1, 0.15) is 0 Å². The number of hydrogen-bond acceptors (Lipinski definition) is 7. The second kappa shape index (κ2) is 40.8. The van der Waals surface area contributed by atoms with Crippen molar-refractivity contribution in [3.63, 3.8) is 0 Å². The Morgan fingerprint density at radius 2 is 0.865 bits per heavy atom. The normalized spacial score (nSPS) is 12.1. The van der Waals surface area contributed by atoms with Crippen molar-refractivity contribution < 1.29 is 28.9 Å². The van der Waals surface area contributed by atoms with Crippen molar-refractivity contribution in [2.45, 2.75) is 220 Å². The summed E-state index contributed by atoms with van der Waals surface area (Å²) in [5.74, 6) is 0.572. The zero-order valence-electron chi connectivity index (χ0n) is 35.3. The molecule has 310 valence electrons. The van der Waals surface area contributed by atoms with E-state index in [0.717, 1.165) is 103 Å². The largest absolute Gasteiger partial charge is 0.508 e. The lowest BCUT2D eigenvalue weighted by Gasteiger charge is -2.21. The molecule has 0 fully saturated rings. The van der Waals surface area contributed by atoms with Crippen LogP contribution in [0.25, 0.3) is 0 Å². The van der Waals surface area contributed by atoms with Crippen molar-refractivity contribution in [2.24, 2.45) is 11.8 Å². The van der Waals surface area contributed by atoms with Crippen molar-refractivity contribution in [3.8, 4) is 0 Å². The molecule has 0 saturated carbocycles. The first-order valence-corrected chi connectivity index (χ1v) is 22.8. The highest BCUT2D eigenvalue weighted by atomic mass is 16.7. The van der Waals surface area contributed by atoms with Crippen molar-refractivity contribution in [1.82, 2.24) is 4.90 Å². The van der Waals surface area contributed by atoms with E-state index in [-0.39, 0.29) is 18.5 Å². The molecule has 0 aliphatic rings. The molecule has 0 spiro atoms. The number of aliphatic hydroxyl groups excluding tert-OH is 1. The van der Waals surface area contributed by atoms with Gasteiger partial charge < -0.3 is 24.2 Å². The van der Waals surface area contributed by atoms with Crippen molar-refractivity contribution >= 4 is 12.1 Å². The van der Waals surface area contributed by atoms with E-state index in [1.807, 2.05) is 0 Å². The van der Waals surface area contributed by atoms with Gasteiger partial charge in [0.2, 0.25) is 0 Å². The third kappa shape index (κ3) is 34.4. The van der Waals surface area contributed by atoms with Crippen LogP contribution in [0.1, 0.15) is 220 Å². The van der Waals surface area contributed by atoms with Crippen LogP contribution in [0.3, 0.4) is 0 Å². The van der Waals surface area contributed by atoms with E-state index in [1.54, 1.807) is 0 Å². The molecule has 0 radical (unpaired) electrons. The van der Waals surface area contributed by atoms with Crippen LogP contribution < -0.4 is 0 Å². The monoisotopic (exact) mass is 740 g/mol. The van der Waals surface area contributed by atoms with Crippen molar-refractivity contribution in [2.75, 3.05) is 46.1 Å². The van der Waals surface area contributed by atoms with E-state index in [2.05, 4.69) is 32.6 Å². The summed E-state index contributed by atoms with van der Waals surface area (Å²) in [6.45, 7) is 13.3. The maximum absolute atomic E-state index is 12.9. The smallest absolute Gasteiger partial charge is 0.465 e. The van der Waals surface area contributed by atoms with Gasteiger partial charge in [-0.2, -0.15) is 0 Å². The van der Waals surface area contributed by atoms with E-state index in [1.165, 1.54) is 103 Å². The van der Waals surface area contributed by atoms with Crippen LogP contribution in [0, 0.1) is 11.8 Å². The molecule has 0 amide bonds. The van der Waals surface area contributed by atoms with Gasteiger partial charge in [0.15, 0.2) is 0 Å². The zero-order valence-corrected chi connectivity index (χ0v) is 35.3. The number of esters is 1. The second-order valence-corrected chi connectivity index (χ2v) is 15.6. The zero-order chi connectivity index (χ0) is 38.2. The summed E-state index contributed by atoms with van der Waals surface area (Å²) in [6, 6.07) is 0. The average Bonchev–Trinajstić information content (AvgIpc) is 3.14. The van der Waals surface area contributed by atoms with E-state index >= 15 is 0 Å². The standard InChI is InChI=1S/C45H89NO6/c1-5-9-13-17-18-26-34-43(33-25-16-12-8-4)44(48)50-39-29-21-19-27-35-46(37-38-47)36-28-20-22-30-40-51-45(49)52-41-42(31-23-14-10-6-2)32-24-15-11-7-3/h42-43,47H,5-41H2,1-4H3. The Hall–Kier alpha value is -1.34. The molecule has 1 atom stereocenters. The number of nitrogens with zero attached hydrogens (tertiary/aromatic N) is 1. The number of hydrogen-bond donors (Lipinski definition) is 1. The fourth-order valence-electron chi connectivity index (χ4n) is 7.13. The first-order valence-electron chi connectivity index (χ1n) is 22.8. The van der Waals surface area contributed by atoms with Gasteiger partial charge in [-0.05, 0) is 70.4 Å². The molecule has 7 nitrogen and oxygen atoms in total. The van der Waals surface area contributed by atoms with Gasteiger partial charge in [-0.1, -0.05) is 169 Å². The lowest BCUT2D eigenvalue weighted by Crippen LogP contribution is -2.29. The Morgan fingerprint density at radius 3 is 1.37 bits per heavy atom. The van der Waals surface area contributed by atoms with Crippen LogP contribution in [0.15, 0.2) is 0 Å². The number of unbranched alkanes of at least 4 members (excludes halogenated alkanes) is 20. The topological polar surface area (TPSA) is 85.3 Å². The number of aliphatic hydroxyl groups is 1. The van der Waals surface area contributed by atoms with Crippen LogP contribution in [-0.4, -0.2) is 68.2 Å². The number of rotatable bonds is 41. The van der Waals surface area contributed by atoms with Crippen molar-refractivity contribution in [3.05, 3.63) is 0 Å². The van der Waals surface area contributed by atoms with Gasteiger partial charge in [0.25, 0.3) is 0 Å². The van der Waals surface area contributed by atoms with Gasteiger partial charge in [0.05, 0.1) is 32.3 Å². The minimum Gasteiger partial charge on any atom is -0.465 e. The lowest BCUT2D eigenvalue weighted by molar-refractivity contribution is -0.149. The van der Waals surface area contributed by atoms with Crippen LogP contribution in [-0.2, 0) is 19.0 Å². The highest BCUT2D eigenvalue weighted by Gasteiger charge is 2.19. The van der Waals surface area contributed by atoms with Gasteiger partial charge in [-0.25, -0.2) is 4.79 Å². The molecule has 1 N–H and O–H groups in total. The Balaban J connectivity index is 4.10. The van der Waals surface area contributed by atoms with E-state index in [9.17, 15) is 14.7 Å². The highest BCUT2D eigenvalue weighted by Crippen LogP contribution is 2.21. The summed E-state index contributed by atoms with van der Waals surface area (Å²) in [6.07, 6.45) is 34.4. The third-order valence-electron chi connectivity index (χ3n) is 10.6. The van der Waals surface area contributed by atoms with E-state index in [0.29, 0.717) is 32.3 Å². The minimum atomic E-state index is -0.509. The molecule has 0 aromatic carbocycles. The minimum absolute atomic E-state index is 0.0378. The van der Waals surface area contributed by atoms with Crippen LogP contribution in [0.4, 0.5) is 4.79 Å². The molecule has 0 aromatic heterocycles. The van der Waals surface area contributed by atoms with E-state index < -0.39 is 6.16 Å². The summed E-state index contributed by atoms with van der Waals surface area (Å²) in [5, 5.41) is 9.57. The average molecular weight is 740 g/mol. The van der Waals surface area contributed by atoms with E-state index in [4.69, 9.17) is 14.2 Å². The predicted molar refractivity (Wildman–Crippen MR) is 220 cm³/mol. The maximum atomic E-state index is 12.9. The van der Waals surface area contributed by atoms with Crippen molar-refractivity contribution in [1.29, 1.82) is 0 Å². The molecular weight excluding hydrogens is 650 g/mol. The Morgan fingerprint density at radius 1 is 0.462 bits per heavy atom. The summed E-state index contributed by atoms with van der Waals surface area (Å²) in [7, 11) is 0. The predicted octanol–water partition coefficient (Wildman–Crippen LogP) is 13.0. The molecule has 0 saturated heterocycles. The number of ether oxygens (including phenoxy) is 3. The van der Waals surface area contributed by atoms with Gasteiger partial charge in [-0.3, -0.25) is 4.79 Å². The fourth-order valence-corrected chi connectivity index (χ4v) is 7.13. The molecular formula is C45H89NO6. The summed E-state index contributed by atoms with van der Waals surface area (Å²) < 4.78 is 16.7. The SMILES string of the molecule is CCCCCCCCC(CCCCCC)C(=O)OCCCCCCN(CCO)CCCCCCOC(=O)OCC(CCCCCC)CCCCCC. The maximum Gasteiger partial charge on any atom is 0.508 e. The Kier molecular flexibility index (Phi) is 39.8. The molecule has 0 heterocycles. The first-order chi connectivity index (χ1) is 25.5. The number of carbonyl (C=O) groups excluding carboxylic acids is 2. The molecule has 1 unspecified atom stereocenters. The number of carbonyl (C=O) groups is 2. The molecule has 0 aliphatic heterocycles. The molecule has 0 aliphatic carbocycles. The van der Waals surface area contributed by atoms with Crippen LogP contribution >= 0.6 is 0 Å². The lowest BCUT2D eigenvalue weighted by atomic mass is 9.94. The quantitative estimate of drug-likeness (QED) is 0.0493. The summed E-state index contributed by atoms with van der Waals surface area (Å²) in [5.41, 5.74) is 0. The molecule has 0 bridgehead atoms. The van der Waals surface area contributed by atoms with Crippen LogP contribution in [0.5, 0.6) is 0 Å². The van der Waals surface area contributed by atoms with Gasteiger partial charge in [0, 0.05) is 6.54 Å². The molecule has 52 heavy (non-hydrogen) atoms. The molecule has 0 aromatic rings. The second-order valence-electron chi connectivity index (χ2n) is 15.6. The first kappa shape index (κ1) is 50.7. The van der Waals surface area contributed by atoms with Gasteiger partial charge in [-0.15, -0.1) is 0 Å².